The van der Waals surface area contributed by atoms with Crippen molar-refractivity contribution in [1.29, 1.82) is 0 Å². The molecule has 0 aliphatic heterocycles. The molecule has 1 aliphatic carbocycles. The van der Waals surface area contributed by atoms with E-state index in [0.29, 0.717) is 17.1 Å². The zero-order valence-electron chi connectivity index (χ0n) is 8.49. The number of amides is 1. The second kappa shape index (κ2) is 3.86. The Hall–Kier alpha value is -1.01. The molecule has 2 N–H and O–H groups in total. The van der Waals surface area contributed by atoms with Gasteiger partial charge in [0.1, 0.15) is 4.88 Å². The number of carbonyl (C=O) groups excluding carboxylic acids is 1. The summed E-state index contributed by atoms with van der Waals surface area (Å²) in [5.41, 5.74) is 0.605. The third-order valence-corrected chi connectivity index (χ3v) is 3.60. The summed E-state index contributed by atoms with van der Waals surface area (Å²) in [5.74, 6) is -0.137. The van der Waals surface area contributed by atoms with Crippen LogP contribution in [0.5, 0.6) is 0 Å². The summed E-state index contributed by atoms with van der Waals surface area (Å²) in [7, 11) is 0. The number of rotatable bonds is 4. The summed E-state index contributed by atoms with van der Waals surface area (Å²) in [6.07, 6.45) is 1.98. The lowest BCUT2D eigenvalue weighted by atomic mass is 10.1. The zero-order valence-corrected chi connectivity index (χ0v) is 9.30. The molecule has 1 saturated carbocycles. The van der Waals surface area contributed by atoms with Crippen molar-refractivity contribution < 1.29 is 9.90 Å². The molecule has 82 valence electrons. The number of aromatic nitrogens is 2. The summed E-state index contributed by atoms with van der Waals surface area (Å²) in [4.78, 5) is 12.2. The highest BCUT2D eigenvalue weighted by atomic mass is 32.1. The van der Waals surface area contributed by atoms with Gasteiger partial charge in [-0.1, -0.05) is 4.49 Å². The molecule has 15 heavy (non-hydrogen) atoms. The molecular weight excluding hydrogens is 214 g/mol. The first kappa shape index (κ1) is 10.5. The van der Waals surface area contributed by atoms with Crippen LogP contribution in [0, 0.1) is 12.3 Å². The standard InChI is InChI=1S/C9H13N3O2S/c1-6-7(15-12-11-6)8(14)10-4-9(5-13)2-3-9/h13H,2-5H2,1H3,(H,10,14). The summed E-state index contributed by atoms with van der Waals surface area (Å²) < 4.78 is 3.70. The van der Waals surface area contributed by atoms with Gasteiger partial charge in [0.2, 0.25) is 0 Å². The van der Waals surface area contributed by atoms with Crippen LogP contribution in [0.15, 0.2) is 0 Å². The number of nitrogens with one attached hydrogen (secondary N) is 1. The van der Waals surface area contributed by atoms with Crippen molar-refractivity contribution in [2.24, 2.45) is 5.41 Å². The van der Waals surface area contributed by atoms with Crippen molar-refractivity contribution in [2.75, 3.05) is 13.2 Å². The van der Waals surface area contributed by atoms with Crippen LogP contribution in [0.4, 0.5) is 0 Å². The number of carbonyl (C=O) groups is 1. The lowest BCUT2D eigenvalue weighted by Gasteiger charge is -2.11. The molecule has 5 nitrogen and oxygen atoms in total. The van der Waals surface area contributed by atoms with Crippen LogP contribution in [0.2, 0.25) is 0 Å². The molecule has 1 aliphatic rings. The van der Waals surface area contributed by atoms with Crippen molar-refractivity contribution in [3.8, 4) is 0 Å². The van der Waals surface area contributed by atoms with Crippen molar-refractivity contribution >= 4 is 17.4 Å². The van der Waals surface area contributed by atoms with E-state index >= 15 is 0 Å². The van der Waals surface area contributed by atoms with E-state index in [9.17, 15) is 4.79 Å². The zero-order chi connectivity index (χ0) is 10.9. The van der Waals surface area contributed by atoms with Gasteiger partial charge in [0, 0.05) is 12.0 Å². The van der Waals surface area contributed by atoms with Crippen LogP contribution in [-0.4, -0.2) is 33.8 Å². The van der Waals surface area contributed by atoms with Crippen LogP contribution in [0.25, 0.3) is 0 Å². The molecule has 1 fully saturated rings. The summed E-state index contributed by atoms with van der Waals surface area (Å²) in [6.45, 7) is 2.45. The number of aryl methyl sites for hydroxylation is 1. The Balaban J connectivity index is 1.91. The maximum absolute atomic E-state index is 11.7. The molecule has 0 saturated heterocycles. The van der Waals surface area contributed by atoms with Crippen molar-refractivity contribution in [3.05, 3.63) is 10.6 Å². The molecule has 0 radical (unpaired) electrons. The van der Waals surface area contributed by atoms with E-state index < -0.39 is 0 Å². The van der Waals surface area contributed by atoms with Crippen molar-refractivity contribution in [2.45, 2.75) is 19.8 Å². The Morgan fingerprint density at radius 1 is 1.67 bits per heavy atom. The second-order valence-corrected chi connectivity index (χ2v) is 4.78. The SMILES string of the molecule is Cc1nnsc1C(=O)NCC1(CO)CC1. The van der Waals surface area contributed by atoms with Crippen LogP contribution >= 0.6 is 11.5 Å². The molecule has 1 amide bonds. The minimum Gasteiger partial charge on any atom is -0.396 e. The fraction of sp³-hybridized carbons (Fsp3) is 0.667. The van der Waals surface area contributed by atoms with Gasteiger partial charge in [-0.15, -0.1) is 5.10 Å². The third-order valence-electron chi connectivity index (χ3n) is 2.77. The van der Waals surface area contributed by atoms with Gasteiger partial charge in [-0.25, -0.2) is 0 Å². The largest absolute Gasteiger partial charge is 0.396 e. The fourth-order valence-corrected chi connectivity index (χ4v) is 1.93. The quantitative estimate of drug-likeness (QED) is 0.778. The number of hydrogen-bond donors (Lipinski definition) is 2. The Bertz CT molecular complexity index is 373. The molecule has 0 spiro atoms. The second-order valence-electron chi connectivity index (χ2n) is 4.03. The van der Waals surface area contributed by atoms with Crippen molar-refractivity contribution in [1.82, 2.24) is 14.9 Å². The monoisotopic (exact) mass is 227 g/mol. The number of aliphatic hydroxyl groups is 1. The van der Waals surface area contributed by atoms with Gasteiger partial charge < -0.3 is 10.4 Å². The summed E-state index contributed by atoms with van der Waals surface area (Å²) in [6, 6.07) is 0. The molecule has 1 aromatic heterocycles. The van der Waals surface area contributed by atoms with Crippen LogP contribution in [0.3, 0.4) is 0 Å². The maximum Gasteiger partial charge on any atom is 0.264 e. The van der Waals surface area contributed by atoms with E-state index in [4.69, 9.17) is 5.11 Å². The van der Waals surface area contributed by atoms with Crippen LogP contribution < -0.4 is 5.32 Å². The number of aliphatic hydroxyl groups excluding tert-OH is 1. The van der Waals surface area contributed by atoms with Gasteiger partial charge in [0.25, 0.3) is 5.91 Å². The van der Waals surface area contributed by atoms with Crippen LogP contribution in [0.1, 0.15) is 28.2 Å². The highest BCUT2D eigenvalue weighted by molar-refractivity contribution is 7.07. The predicted molar refractivity (Wildman–Crippen MR) is 55.7 cm³/mol. The normalized spacial score (nSPS) is 17.5. The number of nitrogens with zero attached hydrogens (tertiary/aromatic N) is 2. The minimum atomic E-state index is -0.137. The van der Waals surface area contributed by atoms with E-state index in [1.807, 2.05) is 0 Å². The van der Waals surface area contributed by atoms with E-state index in [-0.39, 0.29) is 17.9 Å². The van der Waals surface area contributed by atoms with E-state index in [2.05, 4.69) is 14.9 Å². The van der Waals surface area contributed by atoms with Gasteiger partial charge in [-0.3, -0.25) is 4.79 Å². The third kappa shape index (κ3) is 2.15. The van der Waals surface area contributed by atoms with Crippen molar-refractivity contribution in [3.63, 3.8) is 0 Å². The molecule has 2 rings (SSSR count). The van der Waals surface area contributed by atoms with Gasteiger partial charge in [-0.2, -0.15) is 0 Å². The predicted octanol–water partition coefficient (Wildman–Crippen LogP) is 0.349. The molecular formula is C9H13N3O2S. The smallest absolute Gasteiger partial charge is 0.264 e. The summed E-state index contributed by atoms with van der Waals surface area (Å²) >= 11 is 1.10. The molecule has 1 aromatic rings. The van der Waals surface area contributed by atoms with Gasteiger partial charge in [-0.05, 0) is 31.3 Å². The summed E-state index contributed by atoms with van der Waals surface area (Å²) in [5, 5.41) is 15.7. The molecule has 0 unspecified atom stereocenters. The Labute approximate surface area is 91.7 Å². The van der Waals surface area contributed by atoms with E-state index in [1.165, 1.54) is 0 Å². The molecule has 0 bridgehead atoms. The fourth-order valence-electron chi connectivity index (χ4n) is 1.36. The lowest BCUT2D eigenvalue weighted by Crippen LogP contribution is -2.31. The first-order chi connectivity index (χ1) is 7.17. The van der Waals surface area contributed by atoms with Gasteiger partial charge >= 0.3 is 0 Å². The molecule has 0 atom stereocenters. The van der Waals surface area contributed by atoms with Crippen LogP contribution in [-0.2, 0) is 0 Å². The Kier molecular flexibility index (Phi) is 2.70. The lowest BCUT2D eigenvalue weighted by molar-refractivity contribution is 0.0938. The topological polar surface area (TPSA) is 75.1 Å². The van der Waals surface area contributed by atoms with Gasteiger partial charge in [0.15, 0.2) is 0 Å². The first-order valence-corrected chi connectivity index (χ1v) is 5.62. The number of hydrogen-bond acceptors (Lipinski definition) is 5. The van der Waals surface area contributed by atoms with Gasteiger partial charge in [0.05, 0.1) is 12.3 Å². The minimum absolute atomic E-state index is 0.0539. The van der Waals surface area contributed by atoms with E-state index in [1.54, 1.807) is 6.92 Å². The molecule has 1 heterocycles. The molecule has 6 heteroatoms. The first-order valence-electron chi connectivity index (χ1n) is 4.85. The molecule has 0 aromatic carbocycles. The average molecular weight is 227 g/mol. The highest BCUT2D eigenvalue weighted by Crippen LogP contribution is 2.44. The highest BCUT2D eigenvalue weighted by Gasteiger charge is 2.42. The average Bonchev–Trinajstić information content (AvgIpc) is 2.91. The maximum atomic E-state index is 11.7. The Morgan fingerprint density at radius 3 is 2.87 bits per heavy atom. The van der Waals surface area contributed by atoms with E-state index in [0.717, 1.165) is 24.4 Å². The Morgan fingerprint density at radius 2 is 2.40 bits per heavy atom.